The standard InChI is InChI=1S/C24H28N2O6/c1-3-8-20(22(27)25-21(14-31-2)23(28)29)26-24(30)32-13-19-17-11-6-4-9-15(17)16-10-5-7-12-18(16)19/h4-7,9-12,19-21H,3,8,13-14H2,1-2H3,(H,25,27)(H,26,30)(H,28,29)/t20-,21-/m0/s1. The van der Waals surface area contributed by atoms with Gasteiger partial charge in [0.1, 0.15) is 12.6 Å². The minimum atomic E-state index is -1.21. The summed E-state index contributed by atoms with van der Waals surface area (Å²) in [5.74, 6) is -1.90. The second-order valence-corrected chi connectivity index (χ2v) is 7.67. The molecular weight excluding hydrogens is 412 g/mol. The number of carbonyl (C=O) groups is 3. The van der Waals surface area contributed by atoms with Crippen LogP contribution in [-0.4, -0.2) is 55.5 Å². The van der Waals surface area contributed by atoms with E-state index in [1.165, 1.54) is 7.11 Å². The fourth-order valence-corrected chi connectivity index (χ4v) is 3.95. The van der Waals surface area contributed by atoms with E-state index < -0.39 is 30.1 Å². The number of carboxylic acid groups (broad SMARTS) is 1. The molecule has 1 aliphatic rings. The van der Waals surface area contributed by atoms with Crippen LogP contribution in [0.3, 0.4) is 0 Å². The van der Waals surface area contributed by atoms with Gasteiger partial charge in [-0.1, -0.05) is 61.9 Å². The van der Waals surface area contributed by atoms with Gasteiger partial charge in [0.15, 0.2) is 6.04 Å². The number of ether oxygens (including phenoxy) is 2. The molecule has 0 heterocycles. The first-order valence-electron chi connectivity index (χ1n) is 10.6. The zero-order valence-electron chi connectivity index (χ0n) is 18.2. The second kappa shape index (κ2) is 10.8. The molecule has 0 bridgehead atoms. The van der Waals surface area contributed by atoms with Gasteiger partial charge in [-0.2, -0.15) is 0 Å². The van der Waals surface area contributed by atoms with Crippen LogP contribution in [0.25, 0.3) is 11.1 Å². The Bertz CT molecular complexity index is 931. The van der Waals surface area contributed by atoms with Gasteiger partial charge in [0.2, 0.25) is 5.91 Å². The lowest BCUT2D eigenvalue weighted by Gasteiger charge is -2.21. The quantitative estimate of drug-likeness (QED) is 0.524. The Hall–Kier alpha value is -3.39. The first-order valence-corrected chi connectivity index (χ1v) is 10.6. The molecule has 1 aliphatic carbocycles. The van der Waals surface area contributed by atoms with E-state index >= 15 is 0 Å². The lowest BCUT2D eigenvalue weighted by Crippen LogP contribution is -2.53. The largest absolute Gasteiger partial charge is 0.480 e. The van der Waals surface area contributed by atoms with Gasteiger partial charge >= 0.3 is 12.1 Å². The zero-order valence-corrected chi connectivity index (χ0v) is 18.2. The number of nitrogens with one attached hydrogen (secondary N) is 2. The Kier molecular flexibility index (Phi) is 7.83. The Morgan fingerprint density at radius 2 is 1.56 bits per heavy atom. The van der Waals surface area contributed by atoms with E-state index in [2.05, 4.69) is 22.8 Å². The molecule has 0 radical (unpaired) electrons. The molecule has 2 amide bonds. The molecule has 0 fully saturated rings. The van der Waals surface area contributed by atoms with E-state index in [1.54, 1.807) is 0 Å². The minimum absolute atomic E-state index is 0.0929. The van der Waals surface area contributed by atoms with Crippen LogP contribution in [0.5, 0.6) is 0 Å². The van der Waals surface area contributed by atoms with E-state index in [1.807, 2.05) is 43.3 Å². The minimum Gasteiger partial charge on any atom is -0.480 e. The first-order chi connectivity index (χ1) is 15.5. The molecule has 2 aromatic rings. The number of carboxylic acids is 1. The molecule has 0 unspecified atom stereocenters. The van der Waals surface area contributed by atoms with Crippen molar-refractivity contribution in [3.05, 3.63) is 59.7 Å². The van der Waals surface area contributed by atoms with Crippen LogP contribution in [-0.2, 0) is 19.1 Å². The third kappa shape index (κ3) is 5.26. The molecule has 2 atom stereocenters. The number of hydrogen-bond donors (Lipinski definition) is 3. The van der Waals surface area contributed by atoms with E-state index in [0.717, 1.165) is 22.3 Å². The van der Waals surface area contributed by atoms with Gasteiger partial charge in [0.25, 0.3) is 0 Å². The molecule has 0 aliphatic heterocycles. The number of methoxy groups -OCH3 is 1. The zero-order chi connectivity index (χ0) is 23.1. The van der Waals surface area contributed by atoms with Crippen LogP contribution in [0.15, 0.2) is 48.5 Å². The normalized spacial score (nSPS) is 14.1. The fraction of sp³-hybridized carbons (Fsp3) is 0.375. The van der Waals surface area contributed by atoms with Crippen molar-refractivity contribution < 1.29 is 29.0 Å². The first kappa shape index (κ1) is 23.3. The van der Waals surface area contributed by atoms with Crippen LogP contribution in [0, 0.1) is 0 Å². The number of carbonyl (C=O) groups excluding carboxylic acids is 2. The molecule has 0 spiro atoms. The van der Waals surface area contributed by atoms with Crippen LogP contribution in [0.2, 0.25) is 0 Å². The molecule has 2 aromatic carbocycles. The summed E-state index contributed by atoms with van der Waals surface area (Å²) >= 11 is 0. The summed E-state index contributed by atoms with van der Waals surface area (Å²) in [7, 11) is 1.35. The maximum atomic E-state index is 12.5. The monoisotopic (exact) mass is 440 g/mol. The summed E-state index contributed by atoms with van der Waals surface area (Å²) in [5, 5.41) is 14.2. The predicted octanol–water partition coefficient (Wildman–Crippen LogP) is 2.91. The van der Waals surface area contributed by atoms with Gasteiger partial charge in [-0.05, 0) is 28.7 Å². The highest BCUT2D eigenvalue weighted by molar-refractivity contribution is 5.89. The Balaban J connectivity index is 1.64. The third-order valence-electron chi connectivity index (χ3n) is 5.48. The van der Waals surface area contributed by atoms with Crippen molar-refractivity contribution in [1.82, 2.24) is 10.6 Å². The highest BCUT2D eigenvalue weighted by atomic mass is 16.5. The van der Waals surface area contributed by atoms with Gasteiger partial charge in [-0.25, -0.2) is 9.59 Å². The van der Waals surface area contributed by atoms with Gasteiger partial charge < -0.3 is 25.2 Å². The van der Waals surface area contributed by atoms with Crippen LogP contribution < -0.4 is 10.6 Å². The maximum Gasteiger partial charge on any atom is 0.407 e. The Labute approximate surface area is 186 Å². The molecule has 3 rings (SSSR count). The number of alkyl carbamates (subject to hydrolysis) is 1. The number of rotatable bonds is 10. The van der Waals surface area contributed by atoms with Crippen molar-refractivity contribution in [2.24, 2.45) is 0 Å². The Morgan fingerprint density at radius 3 is 2.09 bits per heavy atom. The third-order valence-corrected chi connectivity index (χ3v) is 5.48. The lowest BCUT2D eigenvalue weighted by molar-refractivity contribution is -0.143. The summed E-state index contributed by atoms with van der Waals surface area (Å²) in [6, 6.07) is 13.9. The average Bonchev–Trinajstić information content (AvgIpc) is 3.10. The highest BCUT2D eigenvalue weighted by Gasteiger charge is 2.30. The SMILES string of the molecule is CCC[C@H](NC(=O)OCC1c2ccccc2-c2ccccc21)C(=O)N[C@@H](COC)C(=O)O. The van der Waals surface area contributed by atoms with E-state index in [9.17, 15) is 19.5 Å². The number of aliphatic carboxylic acids is 1. The number of amides is 2. The van der Waals surface area contributed by atoms with Crippen molar-refractivity contribution in [1.29, 1.82) is 0 Å². The highest BCUT2D eigenvalue weighted by Crippen LogP contribution is 2.44. The number of hydrogen-bond acceptors (Lipinski definition) is 5. The van der Waals surface area contributed by atoms with Gasteiger partial charge in [-0.3, -0.25) is 4.79 Å². The van der Waals surface area contributed by atoms with Crippen molar-refractivity contribution in [2.75, 3.05) is 20.3 Å². The molecule has 32 heavy (non-hydrogen) atoms. The van der Waals surface area contributed by atoms with E-state index in [-0.39, 0.29) is 19.1 Å². The van der Waals surface area contributed by atoms with Crippen LogP contribution in [0.1, 0.15) is 36.8 Å². The fourth-order valence-electron chi connectivity index (χ4n) is 3.95. The molecule has 8 nitrogen and oxygen atoms in total. The molecule has 170 valence electrons. The number of benzene rings is 2. The summed E-state index contributed by atoms with van der Waals surface area (Å²) < 4.78 is 10.3. The lowest BCUT2D eigenvalue weighted by atomic mass is 9.98. The maximum absolute atomic E-state index is 12.5. The number of fused-ring (bicyclic) bond motifs is 3. The topological polar surface area (TPSA) is 114 Å². The average molecular weight is 440 g/mol. The summed E-state index contributed by atoms with van der Waals surface area (Å²) in [4.78, 5) is 36.3. The molecular formula is C24H28N2O6. The second-order valence-electron chi connectivity index (χ2n) is 7.67. The van der Waals surface area contributed by atoms with Crippen molar-refractivity contribution in [2.45, 2.75) is 37.8 Å². The predicted molar refractivity (Wildman–Crippen MR) is 118 cm³/mol. The van der Waals surface area contributed by atoms with Crippen molar-refractivity contribution in [3.63, 3.8) is 0 Å². The summed E-state index contributed by atoms with van der Waals surface area (Å²) in [6.45, 7) is 1.82. The van der Waals surface area contributed by atoms with Gasteiger partial charge in [-0.15, -0.1) is 0 Å². The van der Waals surface area contributed by atoms with E-state index in [4.69, 9.17) is 9.47 Å². The molecule has 8 heteroatoms. The van der Waals surface area contributed by atoms with Crippen LogP contribution >= 0.6 is 0 Å². The Morgan fingerprint density at radius 1 is 0.969 bits per heavy atom. The molecule has 3 N–H and O–H groups in total. The van der Waals surface area contributed by atoms with E-state index in [0.29, 0.717) is 12.8 Å². The molecule has 0 aromatic heterocycles. The van der Waals surface area contributed by atoms with Crippen LogP contribution in [0.4, 0.5) is 4.79 Å². The molecule has 0 saturated carbocycles. The molecule has 0 saturated heterocycles. The summed E-state index contributed by atoms with van der Waals surface area (Å²) in [5.41, 5.74) is 4.43. The van der Waals surface area contributed by atoms with Crippen molar-refractivity contribution >= 4 is 18.0 Å². The van der Waals surface area contributed by atoms with Gasteiger partial charge in [0.05, 0.1) is 6.61 Å². The van der Waals surface area contributed by atoms with Crippen molar-refractivity contribution in [3.8, 4) is 11.1 Å². The summed E-state index contributed by atoms with van der Waals surface area (Å²) in [6.07, 6.45) is 0.234. The van der Waals surface area contributed by atoms with Gasteiger partial charge in [0, 0.05) is 13.0 Å². The smallest absolute Gasteiger partial charge is 0.407 e.